The van der Waals surface area contributed by atoms with Crippen LogP contribution in [0, 0.1) is 0 Å². The Morgan fingerprint density at radius 3 is 2.94 bits per heavy atom. The Hall–Kier alpha value is -1.51. The van der Waals surface area contributed by atoms with Gasteiger partial charge >= 0.3 is 0 Å². The molecular formula is C14H20N2O. The van der Waals surface area contributed by atoms with E-state index < -0.39 is 0 Å². The summed E-state index contributed by atoms with van der Waals surface area (Å²) in [7, 11) is 0. The highest BCUT2D eigenvalue weighted by Crippen LogP contribution is 2.02. The van der Waals surface area contributed by atoms with Crippen LogP contribution in [0.3, 0.4) is 0 Å². The molecule has 0 spiro atoms. The van der Waals surface area contributed by atoms with Crippen LogP contribution >= 0.6 is 0 Å². The minimum atomic E-state index is 0.0924. The lowest BCUT2D eigenvalue weighted by Gasteiger charge is -2.00. The molecule has 0 aliphatic rings. The van der Waals surface area contributed by atoms with Crippen molar-refractivity contribution in [2.75, 3.05) is 6.54 Å². The fraction of sp³-hybridized carbons (Fsp3) is 0.500. The van der Waals surface area contributed by atoms with Gasteiger partial charge in [0, 0.05) is 31.3 Å². The van der Waals surface area contributed by atoms with E-state index in [-0.39, 0.29) is 5.78 Å². The third-order valence-corrected chi connectivity index (χ3v) is 2.48. The molecule has 92 valence electrons. The van der Waals surface area contributed by atoms with Crippen LogP contribution in [0.25, 0.3) is 0 Å². The predicted molar refractivity (Wildman–Crippen MR) is 70.8 cm³/mol. The summed E-state index contributed by atoms with van der Waals surface area (Å²) < 4.78 is 0. The zero-order valence-corrected chi connectivity index (χ0v) is 10.6. The lowest BCUT2D eigenvalue weighted by atomic mass is 10.2. The molecule has 0 bridgehead atoms. The van der Waals surface area contributed by atoms with Crippen molar-refractivity contribution in [1.82, 2.24) is 4.98 Å². The number of Topliss-reactive ketones (excluding diaryl/α,β-unsaturated/α-hetero) is 1. The topological polar surface area (TPSA) is 42.3 Å². The van der Waals surface area contributed by atoms with E-state index in [4.69, 9.17) is 0 Å². The number of rotatable bonds is 7. The molecule has 0 saturated carbocycles. The molecular weight excluding hydrogens is 212 g/mol. The van der Waals surface area contributed by atoms with Crippen LogP contribution in [0.4, 0.5) is 0 Å². The molecule has 0 atom stereocenters. The maximum Gasteiger partial charge on any atom is 0.180 e. The van der Waals surface area contributed by atoms with E-state index in [0.29, 0.717) is 18.5 Å². The summed E-state index contributed by atoms with van der Waals surface area (Å²) in [4.78, 5) is 20.1. The van der Waals surface area contributed by atoms with E-state index in [0.717, 1.165) is 25.1 Å². The van der Waals surface area contributed by atoms with Crippen molar-refractivity contribution >= 4 is 12.0 Å². The summed E-state index contributed by atoms with van der Waals surface area (Å²) in [6, 6.07) is 5.58. The van der Waals surface area contributed by atoms with Gasteiger partial charge in [0.25, 0.3) is 0 Å². The van der Waals surface area contributed by atoms with Crippen LogP contribution in [0.5, 0.6) is 0 Å². The molecule has 0 N–H and O–H groups in total. The quantitative estimate of drug-likeness (QED) is 0.412. The van der Waals surface area contributed by atoms with Crippen LogP contribution in [0.1, 0.15) is 49.3 Å². The standard InChI is InChI=1S/C14H20N2O/c1-3-5-10-15-11-9-12-7-6-8-13(16-12)14(17)4-2/h6-8,11H,3-5,9-10H2,1-2H3. The monoisotopic (exact) mass is 232 g/mol. The van der Waals surface area contributed by atoms with Gasteiger partial charge in [-0.2, -0.15) is 0 Å². The number of ketones is 1. The van der Waals surface area contributed by atoms with Crippen LogP contribution in [-0.2, 0) is 6.42 Å². The van der Waals surface area contributed by atoms with Crippen molar-refractivity contribution < 1.29 is 4.79 Å². The Kier molecular flexibility index (Phi) is 6.15. The smallest absolute Gasteiger partial charge is 0.180 e. The lowest BCUT2D eigenvalue weighted by Crippen LogP contribution is -2.03. The molecule has 1 aromatic rings. The molecule has 1 aromatic heterocycles. The fourth-order valence-corrected chi connectivity index (χ4v) is 1.43. The average Bonchev–Trinajstić information content (AvgIpc) is 2.38. The first-order valence-corrected chi connectivity index (χ1v) is 6.25. The molecule has 0 fully saturated rings. The van der Waals surface area contributed by atoms with E-state index in [1.54, 1.807) is 6.07 Å². The zero-order valence-electron chi connectivity index (χ0n) is 10.6. The maximum atomic E-state index is 11.5. The van der Waals surface area contributed by atoms with Crippen LogP contribution in [0.15, 0.2) is 23.2 Å². The SMILES string of the molecule is CCCCN=CCc1cccc(C(=O)CC)n1. The molecule has 17 heavy (non-hydrogen) atoms. The molecule has 3 nitrogen and oxygen atoms in total. The molecule has 0 aliphatic carbocycles. The van der Waals surface area contributed by atoms with Crippen LogP contribution in [0.2, 0.25) is 0 Å². The Bertz CT molecular complexity index is 386. The Labute approximate surface area is 103 Å². The minimum absolute atomic E-state index is 0.0924. The van der Waals surface area contributed by atoms with Gasteiger partial charge in [0.05, 0.1) is 0 Å². The molecule has 1 heterocycles. The van der Waals surface area contributed by atoms with Gasteiger partial charge in [0.15, 0.2) is 5.78 Å². The third kappa shape index (κ3) is 4.89. The number of nitrogens with zero attached hydrogens (tertiary/aromatic N) is 2. The average molecular weight is 232 g/mol. The molecule has 3 heteroatoms. The van der Waals surface area contributed by atoms with Crippen molar-refractivity contribution in [2.24, 2.45) is 4.99 Å². The number of carbonyl (C=O) groups is 1. The second-order valence-corrected chi connectivity index (χ2v) is 3.94. The van der Waals surface area contributed by atoms with E-state index in [1.165, 1.54) is 0 Å². The second kappa shape index (κ2) is 7.71. The van der Waals surface area contributed by atoms with E-state index in [9.17, 15) is 4.79 Å². The van der Waals surface area contributed by atoms with Gasteiger partial charge in [-0.3, -0.25) is 9.79 Å². The number of aromatic nitrogens is 1. The first-order chi connectivity index (χ1) is 8.27. The lowest BCUT2D eigenvalue weighted by molar-refractivity contribution is 0.0983. The van der Waals surface area contributed by atoms with Crippen molar-refractivity contribution in [2.45, 2.75) is 39.5 Å². The number of hydrogen-bond donors (Lipinski definition) is 0. The molecule has 0 amide bonds. The zero-order chi connectivity index (χ0) is 12.5. The highest BCUT2D eigenvalue weighted by molar-refractivity contribution is 5.94. The number of carbonyl (C=O) groups excluding carboxylic acids is 1. The minimum Gasteiger partial charge on any atom is -0.297 e. The number of aliphatic imine (C=N–C) groups is 1. The van der Waals surface area contributed by atoms with Crippen molar-refractivity contribution in [1.29, 1.82) is 0 Å². The van der Waals surface area contributed by atoms with Crippen molar-refractivity contribution in [3.8, 4) is 0 Å². The molecule has 0 radical (unpaired) electrons. The summed E-state index contributed by atoms with van der Waals surface area (Å²) in [5.74, 6) is 0.0924. The largest absolute Gasteiger partial charge is 0.297 e. The molecule has 0 aromatic carbocycles. The Morgan fingerprint density at radius 1 is 1.41 bits per heavy atom. The Balaban J connectivity index is 2.54. The van der Waals surface area contributed by atoms with Gasteiger partial charge in [-0.15, -0.1) is 0 Å². The van der Waals surface area contributed by atoms with E-state index in [2.05, 4.69) is 16.9 Å². The fourth-order valence-electron chi connectivity index (χ4n) is 1.43. The maximum absolute atomic E-state index is 11.5. The normalized spacial score (nSPS) is 10.9. The van der Waals surface area contributed by atoms with Crippen LogP contribution in [-0.4, -0.2) is 23.5 Å². The van der Waals surface area contributed by atoms with E-state index >= 15 is 0 Å². The predicted octanol–water partition coefficient (Wildman–Crippen LogP) is 3.09. The molecule has 0 saturated heterocycles. The Morgan fingerprint density at radius 2 is 2.24 bits per heavy atom. The second-order valence-electron chi connectivity index (χ2n) is 3.94. The summed E-state index contributed by atoms with van der Waals surface area (Å²) in [5.41, 5.74) is 1.47. The number of hydrogen-bond acceptors (Lipinski definition) is 3. The van der Waals surface area contributed by atoms with Gasteiger partial charge < -0.3 is 0 Å². The summed E-state index contributed by atoms with van der Waals surface area (Å²) in [6.45, 7) is 4.88. The van der Waals surface area contributed by atoms with Crippen molar-refractivity contribution in [3.63, 3.8) is 0 Å². The molecule has 0 unspecified atom stereocenters. The van der Waals surface area contributed by atoms with Gasteiger partial charge in [-0.05, 0) is 18.6 Å². The number of unbranched alkanes of at least 4 members (excludes halogenated alkanes) is 1. The van der Waals surface area contributed by atoms with Gasteiger partial charge in [-0.25, -0.2) is 4.98 Å². The van der Waals surface area contributed by atoms with Gasteiger partial charge in [0.2, 0.25) is 0 Å². The third-order valence-electron chi connectivity index (χ3n) is 2.48. The van der Waals surface area contributed by atoms with Gasteiger partial charge in [-0.1, -0.05) is 26.3 Å². The molecule has 1 rings (SSSR count). The highest BCUT2D eigenvalue weighted by atomic mass is 16.1. The summed E-state index contributed by atoms with van der Waals surface area (Å²) in [6.07, 6.45) is 5.38. The van der Waals surface area contributed by atoms with Crippen molar-refractivity contribution in [3.05, 3.63) is 29.6 Å². The first-order valence-electron chi connectivity index (χ1n) is 6.25. The van der Waals surface area contributed by atoms with Gasteiger partial charge in [0.1, 0.15) is 5.69 Å². The summed E-state index contributed by atoms with van der Waals surface area (Å²) >= 11 is 0. The summed E-state index contributed by atoms with van der Waals surface area (Å²) in [5, 5.41) is 0. The highest BCUT2D eigenvalue weighted by Gasteiger charge is 2.04. The number of pyridine rings is 1. The van der Waals surface area contributed by atoms with Crippen LogP contribution < -0.4 is 0 Å². The first kappa shape index (κ1) is 13.6. The van der Waals surface area contributed by atoms with E-state index in [1.807, 2.05) is 25.3 Å². The molecule has 0 aliphatic heterocycles.